The number of rotatable bonds is 4. The summed E-state index contributed by atoms with van der Waals surface area (Å²) in [7, 11) is 0. The van der Waals surface area contributed by atoms with E-state index in [9.17, 15) is 9.59 Å². The van der Waals surface area contributed by atoms with Crippen LogP contribution in [0, 0.1) is 11.8 Å². The SMILES string of the molecule is CC(c1ccccc1)N1CC(C(=O)N2CCC(CN)C2)CC1=O.Cl. The van der Waals surface area contributed by atoms with E-state index in [-0.39, 0.29) is 36.2 Å². The van der Waals surface area contributed by atoms with Crippen LogP contribution in [0.25, 0.3) is 0 Å². The van der Waals surface area contributed by atoms with Gasteiger partial charge in [-0.15, -0.1) is 12.4 Å². The maximum atomic E-state index is 12.7. The minimum absolute atomic E-state index is 0. The minimum atomic E-state index is -0.204. The van der Waals surface area contributed by atoms with Crippen molar-refractivity contribution in [3.63, 3.8) is 0 Å². The highest BCUT2D eigenvalue weighted by Gasteiger charge is 2.40. The van der Waals surface area contributed by atoms with Crippen molar-refractivity contribution in [2.75, 3.05) is 26.2 Å². The summed E-state index contributed by atoms with van der Waals surface area (Å²) in [4.78, 5) is 28.8. The highest BCUT2D eigenvalue weighted by molar-refractivity contribution is 5.89. The quantitative estimate of drug-likeness (QED) is 0.899. The molecule has 0 spiro atoms. The Labute approximate surface area is 149 Å². The zero-order valence-electron chi connectivity index (χ0n) is 14.1. The van der Waals surface area contributed by atoms with Gasteiger partial charge in [0.2, 0.25) is 11.8 Å². The average Bonchev–Trinajstić information content (AvgIpc) is 3.21. The highest BCUT2D eigenvalue weighted by Crippen LogP contribution is 2.30. The van der Waals surface area contributed by atoms with Gasteiger partial charge in [-0.2, -0.15) is 0 Å². The third kappa shape index (κ3) is 3.73. The van der Waals surface area contributed by atoms with Gasteiger partial charge in [-0.1, -0.05) is 30.3 Å². The Hall–Kier alpha value is -1.59. The Morgan fingerprint density at radius 3 is 2.62 bits per heavy atom. The lowest BCUT2D eigenvalue weighted by Crippen LogP contribution is -2.36. The molecular weight excluding hydrogens is 326 g/mol. The van der Waals surface area contributed by atoms with Gasteiger partial charge in [0.1, 0.15) is 0 Å². The van der Waals surface area contributed by atoms with Crippen molar-refractivity contribution in [2.24, 2.45) is 17.6 Å². The second-order valence-electron chi connectivity index (χ2n) is 6.71. The van der Waals surface area contributed by atoms with E-state index in [2.05, 4.69) is 0 Å². The van der Waals surface area contributed by atoms with Crippen molar-refractivity contribution in [1.82, 2.24) is 9.80 Å². The van der Waals surface area contributed by atoms with Crippen molar-refractivity contribution in [3.05, 3.63) is 35.9 Å². The topological polar surface area (TPSA) is 66.6 Å². The molecule has 0 aliphatic carbocycles. The van der Waals surface area contributed by atoms with E-state index in [4.69, 9.17) is 5.73 Å². The van der Waals surface area contributed by atoms with Crippen molar-refractivity contribution in [1.29, 1.82) is 0 Å². The molecule has 0 radical (unpaired) electrons. The van der Waals surface area contributed by atoms with Gasteiger partial charge < -0.3 is 15.5 Å². The van der Waals surface area contributed by atoms with E-state index in [0.717, 1.165) is 25.1 Å². The van der Waals surface area contributed by atoms with Crippen LogP contribution in [0.15, 0.2) is 30.3 Å². The fourth-order valence-corrected chi connectivity index (χ4v) is 3.67. The van der Waals surface area contributed by atoms with Gasteiger partial charge in [-0.25, -0.2) is 0 Å². The largest absolute Gasteiger partial charge is 0.342 e. The van der Waals surface area contributed by atoms with E-state index in [1.807, 2.05) is 47.1 Å². The second kappa shape index (κ2) is 7.99. The lowest BCUT2D eigenvalue weighted by atomic mass is 10.1. The summed E-state index contributed by atoms with van der Waals surface area (Å²) in [6, 6.07) is 9.99. The molecule has 2 aliphatic heterocycles. The van der Waals surface area contributed by atoms with E-state index >= 15 is 0 Å². The number of carbonyl (C=O) groups excluding carboxylic acids is 2. The normalized spacial score (nSPS) is 24.8. The molecule has 1 aromatic rings. The lowest BCUT2D eigenvalue weighted by molar-refractivity contribution is -0.135. The van der Waals surface area contributed by atoms with Gasteiger partial charge in [-0.05, 0) is 31.4 Å². The molecule has 3 rings (SSSR count). The van der Waals surface area contributed by atoms with Crippen LogP contribution in [0.5, 0.6) is 0 Å². The lowest BCUT2D eigenvalue weighted by Gasteiger charge is -2.26. The van der Waals surface area contributed by atoms with Crippen LogP contribution in [-0.2, 0) is 9.59 Å². The molecule has 24 heavy (non-hydrogen) atoms. The summed E-state index contributed by atoms with van der Waals surface area (Å²) in [5.41, 5.74) is 6.81. The van der Waals surface area contributed by atoms with Gasteiger partial charge in [0, 0.05) is 26.1 Å². The van der Waals surface area contributed by atoms with Crippen LogP contribution >= 0.6 is 12.4 Å². The van der Waals surface area contributed by atoms with E-state index in [1.165, 1.54) is 0 Å². The molecule has 0 saturated carbocycles. The minimum Gasteiger partial charge on any atom is -0.342 e. The van der Waals surface area contributed by atoms with Crippen molar-refractivity contribution in [3.8, 4) is 0 Å². The van der Waals surface area contributed by atoms with Gasteiger partial charge in [0.15, 0.2) is 0 Å². The summed E-state index contributed by atoms with van der Waals surface area (Å²) in [5, 5.41) is 0. The molecule has 0 aromatic heterocycles. The molecule has 2 N–H and O–H groups in total. The van der Waals surface area contributed by atoms with Gasteiger partial charge in [0.25, 0.3) is 0 Å². The number of carbonyl (C=O) groups is 2. The molecule has 5 nitrogen and oxygen atoms in total. The van der Waals surface area contributed by atoms with Crippen LogP contribution in [0.1, 0.15) is 31.4 Å². The molecule has 2 fully saturated rings. The van der Waals surface area contributed by atoms with E-state index < -0.39 is 0 Å². The molecule has 3 unspecified atom stereocenters. The molecule has 132 valence electrons. The molecule has 2 heterocycles. The fourth-order valence-electron chi connectivity index (χ4n) is 3.67. The monoisotopic (exact) mass is 351 g/mol. The molecule has 1 aromatic carbocycles. The second-order valence-corrected chi connectivity index (χ2v) is 6.71. The summed E-state index contributed by atoms with van der Waals surface area (Å²) in [6.07, 6.45) is 1.31. The van der Waals surface area contributed by atoms with Gasteiger partial charge in [0.05, 0.1) is 12.0 Å². The number of halogens is 1. The van der Waals surface area contributed by atoms with Crippen LogP contribution in [0.2, 0.25) is 0 Å². The predicted molar refractivity (Wildman–Crippen MR) is 95.7 cm³/mol. The Morgan fingerprint density at radius 1 is 1.29 bits per heavy atom. The van der Waals surface area contributed by atoms with Crippen molar-refractivity contribution in [2.45, 2.75) is 25.8 Å². The average molecular weight is 352 g/mol. The number of amides is 2. The molecule has 2 aliphatic rings. The first-order chi connectivity index (χ1) is 11.1. The van der Waals surface area contributed by atoms with Crippen LogP contribution in [0.4, 0.5) is 0 Å². The molecule has 3 atom stereocenters. The van der Waals surface area contributed by atoms with E-state index in [0.29, 0.717) is 25.4 Å². The van der Waals surface area contributed by atoms with Crippen LogP contribution in [0.3, 0.4) is 0 Å². The molecule has 2 saturated heterocycles. The third-order valence-corrected chi connectivity index (χ3v) is 5.19. The molecule has 2 amide bonds. The van der Waals surface area contributed by atoms with Crippen molar-refractivity contribution >= 4 is 24.2 Å². The smallest absolute Gasteiger partial charge is 0.228 e. The summed E-state index contributed by atoms with van der Waals surface area (Å²) in [6.45, 7) is 4.70. The zero-order chi connectivity index (χ0) is 16.4. The number of nitrogens with two attached hydrogens (primary N) is 1. The Morgan fingerprint density at radius 2 is 2.00 bits per heavy atom. The van der Waals surface area contributed by atoms with Gasteiger partial charge in [-0.3, -0.25) is 9.59 Å². The Balaban J connectivity index is 0.00000208. The molecule has 0 bridgehead atoms. The maximum Gasteiger partial charge on any atom is 0.228 e. The first-order valence-electron chi connectivity index (χ1n) is 8.43. The fraction of sp³-hybridized carbons (Fsp3) is 0.556. The third-order valence-electron chi connectivity index (χ3n) is 5.19. The number of benzene rings is 1. The first kappa shape index (κ1) is 18.7. The maximum absolute atomic E-state index is 12.7. The van der Waals surface area contributed by atoms with Crippen LogP contribution in [-0.4, -0.2) is 47.8 Å². The predicted octanol–water partition coefficient (Wildman–Crippen LogP) is 1.83. The first-order valence-corrected chi connectivity index (χ1v) is 8.43. The number of hydrogen-bond donors (Lipinski definition) is 1. The highest BCUT2D eigenvalue weighted by atomic mass is 35.5. The number of hydrogen-bond acceptors (Lipinski definition) is 3. The van der Waals surface area contributed by atoms with Crippen molar-refractivity contribution < 1.29 is 9.59 Å². The standard InChI is InChI=1S/C18H25N3O2.ClH/c1-13(15-5-3-2-4-6-15)21-12-16(9-17(21)22)18(23)20-8-7-14(10-19)11-20;/h2-6,13-14,16H,7-12,19H2,1H3;1H. The van der Waals surface area contributed by atoms with Gasteiger partial charge >= 0.3 is 0 Å². The summed E-state index contributed by atoms with van der Waals surface area (Å²) >= 11 is 0. The number of nitrogens with zero attached hydrogens (tertiary/aromatic N) is 2. The Bertz CT molecular complexity index is 581. The van der Waals surface area contributed by atoms with Crippen LogP contribution < -0.4 is 5.73 Å². The molecule has 6 heteroatoms. The summed E-state index contributed by atoms with van der Waals surface area (Å²) < 4.78 is 0. The molecular formula is C18H26ClN3O2. The summed E-state index contributed by atoms with van der Waals surface area (Å²) in [5.74, 6) is 0.409. The number of likely N-dealkylation sites (tertiary alicyclic amines) is 2. The zero-order valence-corrected chi connectivity index (χ0v) is 14.9. The Kier molecular flexibility index (Phi) is 6.24. The van der Waals surface area contributed by atoms with E-state index in [1.54, 1.807) is 0 Å².